The Labute approximate surface area is 97.4 Å². The molecule has 0 aromatic heterocycles. The first-order valence-electron chi connectivity index (χ1n) is 5.55. The molecule has 2 nitrogen and oxygen atoms in total. The number of allylic oxidation sites excluding steroid dienone is 1. The number of carbonyl (C=O) groups is 1. The first-order chi connectivity index (χ1) is 7.63. The quantitative estimate of drug-likeness (QED) is 0.755. The Morgan fingerprint density at radius 3 is 2.62 bits per heavy atom. The number of benzene rings is 1. The van der Waals surface area contributed by atoms with Gasteiger partial charge in [-0.15, -0.1) is 0 Å². The van der Waals surface area contributed by atoms with Crippen molar-refractivity contribution in [3.63, 3.8) is 0 Å². The third kappa shape index (κ3) is 3.89. The number of carbonyl (C=O) groups excluding carboxylic acids is 1. The maximum atomic E-state index is 11.1. The molecule has 1 aromatic rings. The molecule has 0 aliphatic rings. The SMILES string of the molecule is C=C(CCC(=O)NC)Cc1ccccc1C. The van der Waals surface area contributed by atoms with Crippen molar-refractivity contribution in [2.24, 2.45) is 0 Å². The van der Waals surface area contributed by atoms with Gasteiger partial charge in [0, 0.05) is 13.5 Å². The fourth-order valence-corrected chi connectivity index (χ4v) is 1.58. The van der Waals surface area contributed by atoms with Crippen LogP contribution in [0.15, 0.2) is 36.4 Å². The molecule has 0 aliphatic carbocycles. The number of nitrogens with one attached hydrogen (secondary N) is 1. The fourth-order valence-electron chi connectivity index (χ4n) is 1.58. The highest BCUT2D eigenvalue weighted by Crippen LogP contribution is 2.14. The molecule has 0 fully saturated rings. The Morgan fingerprint density at radius 2 is 2.00 bits per heavy atom. The van der Waals surface area contributed by atoms with Crippen molar-refractivity contribution in [3.05, 3.63) is 47.5 Å². The summed E-state index contributed by atoms with van der Waals surface area (Å²) < 4.78 is 0. The van der Waals surface area contributed by atoms with Gasteiger partial charge in [0.1, 0.15) is 0 Å². The second-order valence-corrected chi connectivity index (χ2v) is 4.03. The van der Waals surface area contributed by atoms with E-state index in [1.807, 2.05) is 12.1 Å². The summed E-state index contributed by atoms with van der Waals surface area (Å²) in [5.74, 6) is 0.0749. The Kier molecular flexibility index (Phi) is 4.77. The molecule has 1 aromatic carbocycles. The van der Waals surface area contributed by atoms with Crippen LogP contribution in [-0.2, 0) is 11.2 Å². The Hall–Kier alpha value is -1.57. The van der Waals surface area contributed by atoms with Crippen LogP contribution >= 0.6 is 0 Å². The van der Waals surface area contributed by atoms with Crippen molar-refractivity contribution in [3.8, 4) is 0 Å². The summed E-state index contributed by atoms with van der Waals surface area (Å²) in [4.78, 5) is 11.1. The Morgan fingerprint density at radius 1 is 1.31 bits per heavy atom. The largest absolute Gasteiger partial charge is 0.359 e. The van der Waals surface area contributed by atoms with Crippen molar-refractivity contribution in [2.75, 3.05) is 7.05 Å². The van der Waals surface area contributed by atoms with E-state index in [-0.39, 0.29) is 5.91 Å². The molecule has 0 saturated heterocycles. The van der Waals surface area contributed by atoms with E-state index in [4.69, 9.17) is 0 Å². The summed E-state index contributed by atoms with van der Waals surface area (Å²) in [5.41, 5.74) is 3.69. The zero-order valence-electron chi connectivity index (χ0n) is 10.0. The molecule has 0 bridgehead atoms. The molecule has 2 heteroatoms. The number of hydrogen-bond donors (Lipinski definition) is 1. The van der Waals surface area contributed by atoms with Gasteiger partial charge in [-0.2, -0.15) is 0 Å². The highest BCUT2D eigenvalue weighted by atomic mass is 16.1. The lowest BCUT2D eigenvalue weighted by molar-refractivity contribution is -0.120. The van der Waals surface area contributed by atoms with E-state index in [1.165, 1.54) is 11.1 Å². The topological polar surface area (TPSA) is 29.1 Å². The first-order valence-corrected chi connectivity index (χ1v) is 5.55. The molecule has 0 atom stereocenters. The molecule has 1 rings (SSSR count). The predicted molar refractivity (Wildman–Crippen MR) is 67.3 cm³/mol. The molecule has 0 radical (unpaired) electrons. The minimum absolute atomic E-state index is 0.0749. The second-order valence-electron chi connectivity index (χ2n) is 4.03. The molecule has 1 N–H and O–H groups in total. The maximum Gasteiger partial charge on any atom is 0.220 e. The van der Waals surface area contributed by atoms with Gasteiger partial charge in [-0.3, -0.25) is 4.79 Å². The van der Waals surface area contributed by atoms with Gasteiger partial charge in [0.2, 0.25) is 5.91 Å². The smallest absolute Gasteiger partial charge is 0.220 e. The van der Waals surface area contributed by atoms with Crippen molar-refractivity contribution < 1.29 is 4.79 Å². The third-order valence-electron chi connectivity index (χ3n) is 2.69. The number of hydrogen-bond acceptors (Lipinski definition) is 1. The molecule has 86 valence electrons. The summed E-state index contributed by atoms with van der Waals surface area (Å²) in [5, 5.41) is 2.62. The van der Waals surface area contributed by atoms with E-state index in [2.05, 4.69) is 31.0 Å². The minimum Gasteiger partial charge on any atom is -0.359 e. The van der Waals surface area contributed by atoms with Crippen molar-refractivity contribution >= 4 is 5.91 Å². The van der Waals surface area contributed by atoms with Gasteiger partial charge in [-0.25, -0.2) is 0 Å². The van der Waals surface area contributed by atoms with Crippen LogP contribution in [0.4, 0.5) is 0 Å². The Balaban J connectivity index is 2.46. The van der Waals surface area contributed by atoms with Gasteiger partial charge in [-0.1, -0.05) is 36.4 Å². The number of rotatable bonds is 5. The van der Waals surface area contributed by atoms with Crippen LogP contribution in [0.5, 0.6) is 0 Å². The zero-order chi connectivity index (χ0) is 12.0. The minimum atomic E-state index is 0.0749. The standard InChI is InChI=1S/C14H19NO/c1-11(8-9-14(16)15-3)10-13-7-5-4-6-12(13)2/h4-7H,1,8-10H2,2-3H3,(H,15,16). The van der Waals surface area contributed by atoms with Gasteiger partial charge in [0.25, 0.3) is 0 Å². The first kappa shape index (κ1) is 12.5. The van der Waals surface area contributed by atoms with Gasteiger partial charge in [0.05, 0.1) is 0 Å². The monoisotopic (exact) mass is 217 g/mol. The van der Waals surface area contributed by atoms with Crippen molar-refractivity contribution in [1.29, 1.82) is 0 Å². The van der Waals surface area contributed by atoms with E-state index in [0.717, 1.165) is 18.4 Å². The summed E-state index contributed by atoms with van der Waals surface area (Å²) >= 11 is 0. The molecule has 0 saturated carbocycles. The van der Waals surface area contributed by atoms with Crippen LogP contribution in [0.2, 0.25) is 0 Å². The van der Waals surface area contributed by atoms with Crippen LogP contribution in [-0.4, -0.2) is 13.0 Å². The lowest BCUT2D eigenvalue weighted by atomic mass is 9.99. The highest BCUT2D eigenvalue weighted by Gasteiger charge is 2.03. The van der Waals surface area contributed by atoms with Crippen LogP contribution in [0.25, 0.3) is 0 Å². The number of aryl methyl sites for hydroxylation is 1. The van der Waals surface area contributed by atoms with Crippen LogP contribution in [0.3, 0.4) is 0 Å². The number of amides is 1. The normalized spacial score (nSPS) is 9.88. The van der Waals surface area contributed by atoms with Crippen molar-refractivity contribution in [2.45, 2.75) is 26.2 Å². The molecule has 0 heterocycles. The maximum absolute atomic E-state index is 11.1. The van der Waals surface area contributed by atoms with E-state index in [9.17, 15) is 4.79 Å². The lowest BCUT2D eigenvalue weighted by Gasteiger charge is -2.08. The van der Waals surface area contributed by atoms with Crippen LogP contribution in [0, 0.1) is 6.92 Å². The summed E-state index contributed by atoms with van der Waals surface area (Å²) in [6, 6.07) is 8.28. The molecule has 0 spiro atoms. The van der Waals surface area contributed by atoms with E-state index in [0.29, 0.717) is 6.42 Å². The molecule has 0 aliphatic heterocycles. The third-order valence-corrected chi connectivity index (χ3v) is 2.69. The van der Waals surface area contributed by atoms with Gasteiger partial charge < -0.3 is 5.32 Å². The van der Waals surface area contributed by atoms with E-state index >= 15 is 0 Å². The molecular weight excluding hydrogens is 198 g/mol. The predicted octanol–water partition coefficient (Wildman–Crippen LogP) is 2.62. The summed E-state index contributed by atoms with van der Waals surface area (Å²) in [6.07, 6.45) is 2.15. The van der Waals surface area contributed by atoms with E-state index < -0.39 is 0 Å². The fraction of sp³-hybridized carbons (Fsp3) is 0.357. The Bertz CT molecular complexity index is 382. The summed E-state index contributed by atoms with van der Waals surface area (Å²) in [7, 11) is 1.66. The zero-order valence-corrected chi connectivity index (χ0v) is 10.0. The second kappa shape index (κ2) is 6.11. The molecule has 16 heavy (non-hydrogen) atoms. The van der Waals surface area contributed by atoms with Crippen molar-refractivity contribution in [1.82, 2.24) is 5.32 Å². The average Bonchev–Trinajstić information content (AvgIpc) is 2.29. The van der Waals surface area contributed by atoms with Gasteiger partial charge in [0.15, 0.2) is 0 Å². The van der Waals surface area contributed by atoms with Gasteiger partial charge in [-0.05, 0) is 30.9 Å². The van der Waals surface area contributed by atoms with Gasteiger partial charge >= 0.3 is 0 Å². The summed E-state index contributed by atoms with van der Waals surface area (Å²) in [6.45, 7) is 6.12. The highest BCUT2D eigenvalue weighted by molar-refractivity contribution is 5.75. The molecular formula is C14H19NO. The molecule has 0 unspecified atom stereocenters. The van der Waals surface area contributed by atoms with E-state index in [1.54, 1.807) is 7.05 Å². The molecule has 1 amide bonds. The van der Waals surface area contributed by atoms with Crippen LogP contribution < -0.4 is 5.32 Å². The average molecular weight is 217 g/mol. The lowest BCUT2D eigenvalue weighted by Crippen LogP contribution is -2.17. The van der Waals surface area contributed by atoms with Crippen LogP contribution in [0.1, 0.15) is 24.0 Å².